The van der Waals surface area contributed by atoms with E-state index < -0.39 is 23.7 Å². The zero-order valence-corrected chi connectivity index (χ0v) is 11.3. The van der Waals surface area contributed by atoms with E-state index in [4.69, 9.17) is 11.5 Å². The molecule has 6 nitrogen and oxygen atoms in total. The second-order valence-electron chi connectivity index (χ2n) is 4.45. The maximum absolute atomic E-state index is 13.5. The molecule has 0 fully saturated rings. The molecule has 0 spiro atoms. The van der Waals surface area contributed by atoms with E-state index in [0.29, 0.717) is 5.69 Å². The van der Waals surface area contributed by atoms with Gasteiger partial charge in [-0.3, -0.25) is 4.79 Å². The van der Waals surface area contributed by atoms with Crippen molar-refractivity contribution in [3.05, 3.63) is 59.8 Å². The van der Waals surface area contributed by atoms with E-state index in [1.807, 2.05) is 5.92 Å². The number of carboxylic acid groups (broad SMARTS) is 1. The van der Waals surface area contributed by atoms with E-state index in [0.717, 1.165) is 6.07 Å². The van der Waals surface area contributed by atoms with Gasteiger partial charge in [-0.05, 0) is 30.5 Å². The summed E-state index contributed by atoms with van der Waals surface area (Å²) in [5, 5.41) is 11.5. The van der Waals surface area contributed by atoms with Crippen LogP contribution in [0, 0.1) is 18.2 Å². The maximum Gasteiger partial charge on any atom is 0.326 e. The summed E-state index contributed by atoms with van der Waals surface area (Å²) in [7, 11) is 0. The Morgan fingerprint density at radius 2 is 2.27 bits per heavy atom. The van der Waals surface area contributed by atoms with E-state index in [-0.39, 0.29) is 17.5 Å². The largest absolute Gasteiger partial charge is 0.480 e. The van der Waals surface area contributed by atoms with Crippen LogP contribution in [0.15, 0.2) is 30.7 Å². The van der Waals surface area contributed by atoms with Crippen LogP contribution in [0.2, 0.25) is 0 Å². The molecule has 0 aliphatic heterocycles. The minimum atomic E-state index is -1.22. The van der Waals surface area contributed by atoms with Gasteiger partial charge in [0.2, 0.25) is 0 Å². The first-order valence-corrected chi connectivity index (χ1v) is 6.25. The van der Waals surface area contributed by atoms with Crippen molar-refractivity contribution in [1.29, 1.82) is 0 Å². The van der Waals surface area contributed by atoms with E-state index in [1.165, 1.54) is 24.7 Å². The third-order valence-electron chi connectivity index (χ3n) is 2.94. The lowest BCUT2D eigenvalue weighted by Gasteiger charge is -2.13. The maximum atomic E-state index is 13.5. The third-order valence-corrected chi connectivity index (χ3v) is 2.94. The molecule has 1 amide bonds. The van der Waals surface area contributed by atoms with Crippen molar-refractivity contribution in [3.8, 4) is 5.92 Å². The number of carbonyl (C=O) groups is 2. The van der Waals surface area contributed by atoms with Gasteiger partial charge in [0.15, 0.2) is 0 Å². The Hall–Kier alpha value is -3.14. The molecule has 2 rings (SSSR count). The van der Waals surface area contributed by atoms with Crippen molar-refractivity contribution < 1.29 is 19.1 Å². The van der Waals surface area contributed by atoms with Gasteiger partial charge in [-0.2, -0.15) is 0 Å². The highest BCUT2D eigenvalue weighted by Crippen LogP contribution is 2.10. The summed E-state index contributed by atoms with van der Waals surface area (Å²) >= 11 is 0. The molecule has 0 aliphatic rings. The number of hydrogen-bond donors (Lipinski definition) is 3. The average Bonchev–Trinajstić information content (AvgIpc) is 2.99. The minimum absolute atomic E-state index is 0.000581. The molecule has 111 valence electrons. The van der Waals surface area contributed by atoms with Crippen molar-refractivity contribution in [2.24, 2.45) is 0 Å². The van der Waals surface area contributed by atoms with Gasteiger partial charge >= 0.3 is 5.97 Å². The molecular formula is C15H11FN3O3. The fraction of sp³-hybridized carbons (Fsp3) is 0.133. The Balaban J connectivity index is 2.13. The van der Waals surface area contributed by atoms with Gasteiger partial charge in [0.05, 0.1) is 17.6 Å². The zero-order chi connectivity index (χ0) is 16.1. The smallest absolute Gasteiger partial charge is 0.326 e. The van der Waals surface area contributed by atoms with Crippen LogP contribution >= 0.6 is 0 Å². The van der Waals surface area contributed by atoms with Crippen LogP contribution in [0.1, 0.15) is 21.6 Å². The Labute approximate surface area is 125 Å². The quantitative estimate of drug-likeness (QED) is 0.715. The summed E-state index contributed by atoms with van der Waals surface area (Å²) in [5.41, 5.74) is 0.361. The Morgan fingerprint density at radius 1 is 1.50 bits per heavy atom. The predicted octanol–water partition coefficient (Wildman–Crippen LogP) is 0.912. The predicted molar refractivity (Wildman–Crippen MR) is 73.8 cm³/mol. The molecule has 1 unspecified atom stereocenters. The summed E-state index contributed by atoms with van der Waals surface area (Å²) in [4.78, 5) is 29.8. The van der Waals surface area contributed by atoms with Crippen molar-refractivity contribution in [3.63, 3.8) is 0 Å². The Morgan fingerprint density at radius 3 is 2.82 bits per heavy atom. The summed E-state index contributed by atoms with van der Waals surface area (Å²) in [6.07, 6.45) is 9.79. The number of nitrogens with zero attached hydrogens (tertiary/aromatic N) is 1. The molecule has 0 saturated heterocycles. The summed E-state index contributed by atoms with van der Waals surface area (Å²) < 4.78 is 13.5. The number of imidazole rings is 1. The molecule has 0 saturated carbocycles. The van der Waals surface area contributed by atoms with Gasteiger partial charge in [-0.25, -0.2) is 14.2 Å². The molecule has 7 heteroatoms. The van der Waals surface area contributed by atoms with Crippen LogP contribution < -0.4 is 5.32 Å². The highest BCUT2D eigenvalue weighted by Gasteiger charge is 2.22. The van der Waals surface area contributed by atoms with Crippen LogP contribution in [-0.2, 0) is 11.2 Å². The van der Waals surface area contributed by atoms with Crippen LogP contribution in [0.4, 0.5) is 4.39 Å². The summed E-state index contributed by atoms with van der Waals surface area (Å²) in [6.45, 7) is 0. The number of rotatable bonds is 5. The molecule has 2 aromatic rings. The number of aromatic amines is 1. The van der Waals surface area contributed by atoms with Gasteiger partial charge in [0.1, 0.15) is 11.9 Å². The molecule has 1 heterocycles. The minimum Gasteiger partial charge on any atom is -0.480 e. The molecule has 1 radical (unpaired) electrons. The van der Waals surface area contributed by atoms with Gasteiger partial charge < -0.3 is 15.4 Å². The van der Waals surface area contributed by atoms with Crippen molar-refractivity contribution in [2.45, 2.75) is 12.5 Å². The number of benzene rings is 1. The number of aromatic nitrogens is 2. The lowest BCUT2D eigenvalue weighted by molar-refractivity contribution is -0.139. The Kier molecular flexibility index (Phi) is 4.53. The zero-order valence-electron chi connectivity index (χ0n) is 11.3. The van der Waals surface area contributed by atoms with Crippen molar-refractivity contribution in [1.82, 2.24) is 15.3 Å². The fourth-order valence-corrected chi connectivity index (χ4v) is 1.81. The number of aliphatic carboxylic acids is 1. The molecule has 3 N–H and O–H groups in total. The number of nitrogens with one attached hydrogen (secondary N) is 2. The fourth-order valence-electron chi connectivity index (χ4n) is 1.81. The SMILES string of the molecule is [C]#Cc1ccc(C(=O)NC(Cc2c[nH]cn2)C(=O)O)cc1F. The molecule has 0 aliphatic carbocycles. The average molecular weight is 300 g/mol. The van der Waals surface area contributed by atoms with Crippen LogP contribution in [0.25, 0.3) is 0 Å². The first-order valence-electron chi connectivity index (χ1n) is 6.25. The van der Waals surface area contributed by atoms with E-state index in [2.05, 4.69) is 15.3 Å². The molecule has 22 heavy (non-hydrogen) atoms. The molecule has 1 aromatic carbocycles. The van der Waals surface area contributed by atoms with E-state index >= 15 is 0 Å². The topological polar surface area (TPSA) is 95.1 Å². The lowest BCUT2D eigenvalue weighted by Crippen LogP contribution is -2.42. The van der Waals surface area contributed by atoms with Gasteiger partial charge in [-0.1, -0.05) is 0 Å². The number of H-pyrrole nitrogens is 1. The molecular weight excluding hydrogens is 289 g/mol. The van der Waals surface area contributed by atoms with Crippen LogP contribution in [0.5, 0.6) is 0 Å². The number of amides is 1. The summed E-state index contributed by atoms with van der Waals surface area (Å²) in [5.74, 6) is -0.833. The first kappa shape index (κ1) is 15.3. The highest BCUT2D eigenvalue weighted by molar-refractivity contribution is 5.96. The second-order valence-corrected chi connectivity index (χ2v) is 4.45. The van der Waals surface area contributed by atoms with E-state index in [9.17, 15) is 14.0 Å². The number of carboxylic acids is 1. The normalized spacial score (nSPS) is 11.5. The van der Waals surface area contributed by atoms with Crippen LogP contribution in [0.3, 0.4) is 0 Å². The third kappa shape index (κ3) is 3.49. The molecule has 1 aromatic heterocycles. The number of halogens is 1. The van der Waals surface area contributed by atoms with Gasteiger partial charge in [-0.15, -0.1) is 0 Å². The monoisotopic (exact) mass is 300 g/mol. The number of hydrogen-bond acceptors (Lipinski definition) is 3. The van der Waals surface area contributed by atoms with Crippen LogP contribution in [-0.4, -0.2) is 33.0 Å². The van der Waals surface area contributed by atoms with Gasteiger partial charge in [0, 0.05) is 18.2 Å². The van der Waals surface area contributed by atoms with Crippen molar-refractivity contribution in [2.75, 3.05) is 0 Å². The van der Waals surface area contributed by atoms with E-state index in [1.54, 1.807) is 0 Å². The van der Waals surface area contributed by atoms with Crippen molar-refractivity contribution >= 4 is 11.9 Å². The standard InChI is InChI=1S/C15H11FN3O3/c1-2-9-3-4-10(5-12(9)16)14(20)19-13(15(21)22)6-11-7-17-8-18-11/h3-5,7-8,13H,6H2,(H,17,18)(H,19,20)(H,21,22). The lowest BCUT2D eigenvalue weighted by atomic mass is 10.1. The summed E-state index contributed by atoms with van der Waals surface area (Å²) in [6, 6.07) is 2.26. The molecule has 0 bridgehead atoms. The highest BCUT2D eigenvalue weighted by atomic mass is 19.1. The number of carbonyl (C=O) groups excluding carboxylic acids is 1. The molecule has 1 atom stereocenters. The Bertz CT molecular complexity index is 735. The second kappa shape index (κ2) is 6.54. The van der Waals surface area contributed by atoms with Gasteiger partial charge in [0.25, 0.3) is 5.91 Å². The first-order chi connectivity index (χ1) is 10.5.